The molecule has 0 bridgehead atoms. The van der Waals surface area contributed by atoms with Gasteiger partial charge in [-0.15, -0.1) is 0 Å². The van der Waals surface area contributed by atoms with Crippen LogP contribution in [-0.4, -0.2) is 72.5 Å². The lowest BCUT2D eigenvalue weighted by Gasteiger charge is -2.35. The number of nitro benzene ring substituents is 1. The fourth-order valence-electron chi connectivity index (χ4n) is 6.76. The number of non-ortho nitro benzene ring substituents is 1. The Kier molecular flexibility index (Phi) is 14.7. The maximum absolute atomic E-state index is 14.2. The molecule has 0 spiro atoms. The molecule has 2 aliphatic rings. The van der Waals surface area contributed by atoms with Gasteiger partial charge in [-0.05, 0) is 106 Å². The normalized spacial score (nSPS) is 17.9. The molecule has 2 N–H and O–H groups in total. The number of carbonyl (C=O) groups excluding carboxylic acids is 2. The topological polar surface area (TPSA) is 175 Å². The van der Waals surface area contributed by atoms with Gasteiger partial charge in [0.2, 0.25) is 15.9 Å². The van der Waals surface area contributed by atoms with Crippen LogP contribution < -0.4 is 9.46 Å². The highest BCUT2D eigenvalue weighted by Gasteiger charge is 2.40. The minimum atomic E-state index is -4.14. The third-order valence-corrected chi connectivity index (χ3v) is 11.2. The maximum atomic E-state index is 14.2. The first-order chi connectivity index (χ1) is 27.1. The highest BCUT2D eigenvalue weighted by molar-refractivity contribution is 7.90. The number of hydrogen-bond acceptors (Lipinski definition) is 10. The molecule has 5 rings (SSSR count). The summed E-state index contributed by atoms with van der Waals surface area (Å²) in [6, 6.07) is 22.4. The molecule has 13 nitrogen and oxygen atoms in total. The van der Waals surface area contributed by atoms with Gasteiger partial charge in [-0.1, -0.05) is 67.1 Å². The van der Waals surface area contributed by atoms with E-state index < -0.39 is 49.8 Å². The number of aliphatic hydroxyl groups is 1. The van der Waals surface area contributed by atoms with Crippen molar-refractivity contribution in [1.82, 2.24) is 9.62 Å². The molecule has 2 aliphatic carbocycles. The summed E-state index contributed by atoms with van der Waals surface area (Å²) >= 11 is 0. The van der Waals surface area contributed by atoms with Crippen molar-refractivity contribution in [3.05, 3.63) is 124 Å². The molecule has 0 saturated heterocycles. The molecule has 3 aromatic rings. The molecule has 0 aromatic heterocycles. The minimum absolute atomic E-state index is 0.0316. The number of nitrogens with one attached hydrogen (secondary N) is 1. The molecule has 0 aliphatic heterocycles. The number of sulfonamides is 1. The van der Waals surface area contributed by atoms with Crippen molar-refractivity contribution in [2.45, 2.75) is 90.1 Å². The Morgan fingerprint density at radius 2 is 1.74 bits per heavy atom. The van der Waals surface area contributed by atoms with Crippen LogP contribution in [0.25, 0.3) is 5.57 Å². The van der Waals surface area contributed by atoms with E-state index in [-0.39, 0.29) is 50.9 Å². The van der Waals surface area contributed by atoms with Gasteiger partial charge in [0.05, 0.1) is 48.1 Å². The Hall–Kier alpha value is -5.05. The Labute approximate surface area is 334 Å². The van der Waals surface area contributed by atoms with Crippen molar-refractivity contribution in [2.24, 2.45) is 5.41 Å². The van der Waals surface area contributed by atoms with Crippen LogP contribution in [0.3, 0.4) is 0 Å². The van der Waals surface area contributed by atoms with Crippen molar-refractivity contribution in [3.63, 3.8) is 0 Å². The van der Waals surface area contributed by atoms with E-state index in [0.29, 0.717) is 5.56 Å². The summed E-state index contributed by atoms with van der Waals surface area (Å²) in [5, 5.41) is 22.3. The van der Waals surface area contributed by atoms with E-state index in [0.717, 1.165) is 48.1 Å². The van der Waals surface area contributed by atoms with Crippen molar-refractivity contribution >= 4 is 33.3 Å². The lowest BCUT2D eigenvalue weighted by Crippen LogP contribution is -2.47. The van der Waals surface area contributed by atoms with E-state index in [1.54, 1.807) is 32.9 Å². The van der Waals surface area contributed by atoms with Gasteiger partial charge >= 0.3 is 6.09 Å². The van der Waals surface area contributed by atoms with Gasteiger partial charge in [0, 0.05) is 18.7 Å². The summed E-state index contributed by atoms with van der Waals surface area (Å²) in [6.45, 7) is 4.80. The molecule has 0 radical (unpaired) electrons. The van der Waals surface area contributed by atoms with Crippen LogP contribution in [0.2, 0.25) is 0 Å². The Morgan fingerprint density at radius 1 is 1.02 bits per heavy atom. The largest absolute Gasteiger partial charge is 0.490 e. The maximum Gasteiger partial charge on any atom is 0.410 e. The molecule has 2 amide bonds. The van der Waals surface area contributed by atoms with E-state index >= 15 is 0 Å². The van der Waals surface area contributed by atoms with Gasteiger partial charge in [-0.2, -0.15) is 0 Å². The summed E-state index contributed by atoms with van der Waals surface area (Å²) in [7, 11) is -4.14. The van der Waals surface area contributed by atoms with Crippen LogP contribution in [0.15, 0.2) is 97.1 Å². The first-order valence-electron chi connectivity index (χ1n) is 19.3. The second-order valence-corrected chi connectivity index (χ2v) is 17.4. The molecule has 0 heterocycles. The van der Waals surface area contributed by atoms with Crippen molar-refractivity contribution in [3.8, 4) is 5.75 Å². The number of carbonyl (C=O) groups is 2. The summed E-state index contributed by atoms with van der Waals surface area (Å²) < 4.78 is 46.3. The average molecular weight is 804 g/mol. The number of hydrogen-bond donors (Lipinski definition) is 2. The second-order valence-electron chi connectivity index (χ2n) is 15.6. The molecule has 306 valence electrons. The zero-order valence-corrected chi connectivity index (χ0v) is 33.6. The molecular formula is C43H53N3O10S. The van der Waals surface area contributed by atoms with Crippen molar-refractivity contribution in [2.75, 3.05) is 25.4 Å². The fraction of sp³-hybridized carbons (Fsp3) is 0.442. The summed E-state index contributed by atoms with van der Waals surface area (Å²) in [6.07, 6.45) is 9.07. The van der Waals surface area contributed by atoms with Gasteiger partial charge < -0.3 is 24.2 Å². The zero-order valence-electron chi connectivity index (χ0n) is 32.8. The molecule has 14 heteroatoms. The average Bonchev–Trinajstić information content (AvgIpc) is 3.18. The number of allylic oxidation sites excluding steroid dienone is 3. The van der Waals surface area contributed by atoms with Gasteiger partial charge in [-0.3, -0.25) is 19.6 Å². The summed E-state index contributed by atoms with van der Waals surface area (Å²) in [5.41, 5.74) is 0.447. The Balaban J connectivity index is 1.36. The molecular weight excluding hydrogens is 751 g/mol. The van der Waals surface area contributed by atoms with E-state index in [2.05, 4.69) is 4.72 Å². The summed E-state index contributed by atoms with van der Waals surface area (Å²) in [4.78, 5) is 39.6. The fourth-order valence-corrected chi connectivity index (χ4v) is 7.69. The molecule has 1 fully saturated rings. The van der Waals surface area contributed by atoms with Crippen LogP contribution in [0.5, 0.6) is 5.75 Å². The number of amides is 2. The first-order valence-corrected chi connectivity index (χ1v) is 21.0. The van der Waals surface area contributed by atoms with Gasteiger partial charge in [0.15, 0.2) is 0 Å². The molecule has 3 aromatic carbocycles. The van der Waals surface area contributed by atoms with Crippen LogP contribution in [0.4, 0.5) is 10.5 Å². The van der Waals surface area contributed by atoms with Crippen LogP contribution in [0.1, 0.15) is 88.5 Å². The number of nitrogens with zero attached hydrogens (tertiary/aromatic N) is 2. The molecule has 57 heavy (non-hydrogen) atoms. The second kappa shape index (κ2) is 19.4. The third-order valence-electron chi connectivity index (χ3n) is 9.96. The van der Waals surface area contributed by atoms with E-state index in [1.165, 1.54) is 35.6 Å². The smallest absolute Gasteiger partial charge is 0.410 e. The van der Waals surface area contributed by atoms with Crippen LogP contribution in [-0.2, 0) is 30.9 Å². The lowest BCUT2D eigenvalue weighted by molar-refractivity contribution is -0.384. The molecule has 1 unspecified atom stereocenters. The number of rotatable bonds is 17. The van der Waals surface area contributed by atoms with Crippen LogP contribution >= 0.6 is 0 Å². The Morgan fingerprint density at radius 3 is 2.39 bits per heavy atom. The summed E-state index contributed by atoms with van der Waals surface area (Å²) in [5.74, 6) is -0.471. The van der Waals surface area contributed by atoms with E-state index in [9.17, 15) is 33.2 Å². The van der Waals surface area contributed by atoms with Gasteiger partial charge in [-0.25, -0.2) is 13.2 Å². The van der Waals surface area contributed by atoms with Crippen LogP contribution in [0, 0.1) is 15.5 Å². The van der Waals surface area contributed by atoms with Crippen molar-refractivity contribution in [1.29, 1.82) is 0 Å². The van der Waals surface area contributed by atoms with E-state index in [1.807, 2.05) is 60.7 Å². The highest BCUT2D eigenvalue weighted by Crippen LogP contribution is 2.38. The number of nitro groups is 1. The zero-order chi connectivity index (χ0) is 41.1. The third kappa shape index (κ3) is 13.0. The number of ether oxygens (including phenoxy) is 3. The van der Waals surface area contributed by atoms with Gasteiger partial charge in [0.1, 0.15) is 11.4 Å². The number of benzene rings is 3. The SMILES string of the molecule is CC(C)(C)OC(=O)N(CCC1(C(=O)NS(=O)(=O)CCOCc2ccccc2)C=CC(c2cccc(OC3CCCCC3)c2)=CC1)C[C@H](O)c1ccc([N+](=O)[O-])cc1. The monoisotopic (exact) mass is 803 g/mol. The predicted octanol–water partition coefficient (Wildman–Crippen LogP) is 7.66. The quantitative estimate of drug-likeness (QED) is 0.0783. The number of aliphatic hydroxyl groups excluding tert-OH is 1. The minimum Gasteiger partial charge on any atom is -0.490 e. The Bertz CT molecular complexity index is 2010. The first kappa shape index (κ1) is 43.1. The highest BCUT2D eigenvalue weighted by atomic mass is 32.2. The molecule has 2 atom stereocenters. The van der Waals surface area contributed by atoms with E-state index in [4.69, 9.17) is 14.2 Å². The molecule has 1 saturated carbocycles. The lowest BCUT2D eigenvalue weighted by atomic mass is 9.75. The van der Waals surface area contributed by atoms with Gasteiger partial charge in [0.25, 0.3) is 5.69 Å². The standard InChI is InChI=1S/C43H53N3O10S/c1-42(2,3)56-41(49)45(30-39(47)34-17-19-36(20-18-34)46(50)51)26-25-43(40(48)44-57(52,53)28-27-54-31-32-11-6-4-7-12-32)23-21-33(22-24-43)35-13-10-16-38(29-35)55-37-14-8-5-9-15-37/h4,6-7,10-13,16-23,29,37,39,47H,5,8-9,14-15,24-28,30-31H2,1-3H3,(H,44,48)/t39-,43?/m0/s1. The predicted molar refractivity (Wildman–Crippen MR) is 217 cm³/mol. The van der Waals surface area contributed by atoms with Crippen molar-refractivity contribution < 1.29 is 42.2 Å².